The number of hydrogen-bond donors (Lipinski definition) is 2. The van der Waals surface area contributed by atoms with Crippen molar-refractivity contribution in [1.29, 1.82) is 0 Å². The van der Waals surface area contributed by atoms with Crippen molar-refractivity contribution in [2.45, 2.75) is 19.4 Å². The molecule has 1 saturated heterocycles. The van der Waals surface area contributed by atoms with Gasteiger partial charge in [-0.25, -0.2) is 8.42 Å². The third-order valence-corrected chi connectivity index (χ3v) is 4.89. The molecule has 8 heteroatoms. The van der Waals surface area contributed by atoms with E-state index in [9.17, 15) is 18.0 Å². The Balaban J connectivity index is 1.82. The van der Waals surface area contributed by atoms with Crippen LogP contribution < -0.4 is 15.4 Å². The number of hydrogen-bond acceptors (Lipinski definition) is 5. The second kappa shape index (κ2) is 6.78. The van der Waals surface area contributed by atoms with E-state index in [0.717, 1.165) is 0 Å². The predicted molar refractivity (Wildman–Crippen MR) is 81.4 cm³/mol. The van der Waals surface area contributed by atoms with Crippen molar-refractivity contribution in [2.75, 3.05) is 23.4 Å². The van der Waals surface area contributed by atoms with Crippen molar-refractivity contribution < 1.29 is 22.7 Å². The van der Waals surface area contributed by atoms with Gasteiger partial charge in [-0.1, -0.05) is 6.07 Å². The number of rotatable bonds is 5. The lowest BCUT2D eigenvalue weighted by Crippen LogP contribution is -2.38. The molecule has 0 aliphatic carbocycles. The van der Waals surface area contributed by atoms with E-state index >= 15 is 0 Å². The normalized spacial score (nSPS) is 19.4. The first-order valence-electron chi connectivity index (χ1n) is 6.84. The van der Waals surface area contributed by atoms with Gasteiger partial charge in [0, 0.05) is 24.7 Å². The highest BCUT2D eigenvalue weighted by Gasteiger charge is 2.28. The molecule has 1 unspecified atom stereocenters. The molecular formula is C14H18N2O5S. The van der Waals surface area contributed by atoms with Gasteiger partial charge in [0.25, 0.3) is 5.91 Å². The van der Waals surface area contributed by atoms with Gasteiger partial charge in [0.2, 0.25) is 5.91 Å². The van der Waals surface area contributed by atoms with Crippen molar-refractivity contribution in [3.05, 3.63) is 24.3 Å². The second-order valence-electron chi connectivity index (χ2n) is 5.17. The van der Waals surface area contributed by atoms with E-state index in [1.165, 1.54) is 6.92 Å². The first-order chi connectivity index (χ1) is 10.3. The molecule has 1 heterocycles. The summed E-state index contributed by atoms with van der Waals surface area (Å²) in [4.78, 5) is 22.7. The summed E-state index contributed by atoms with van der Waals surface area (Å²) in [6, 6.07) is 6.33. The Labute approximate surface area is 129 Å². The van der Waals surface area contributed by atoms with E-state index in [1.807, 2.05) is 0 Å². The molecule has 0 spiro atoms. The lowest BCUT2D eigenvalue weighted by Gasteiger charge is -2.12. The highest BCUT2D eigenvalue weighted by Crippen LogP contribution is 2.17. The molecule has 1 aliphatic rings. The summed E-state index contributed by atoms with van der Waals surface area (Å²) in [5.41, 5.74) is 0.576. The van der Waals surface area contributed by atoms with Crippen LogP contribution in [0, 0.1) is 0 Å². The van der Waals surface area contributed by atoms with Crippen LogP contribution in [0.2, 0.25) is 0 Å². The first-order valence-corrected chi connectivity index (χ1v) is 8.66. The number of carbonyl (C=O) groups excluding carboxylic acids is 2. The third kappa shape index (κ3) is 5.03. The topological polar surface area (TPSA) is 102 Å². The van der Waals surface area contributed by atoms with Crippen molar-refractivity contribution in [2.24, 2.45) is 0 Å². The van der Waals surface area contributed by atoms with Crippen LogP contribution >= 0.6 is 0 Å². The number of sulfone groups is 1. The van der Waals surface area contributed by atoms with E-state index in [4.69, 9.17) is 4.74 Å². The van der Waals surface area contributed by atoms with Gasteiger partial charge >= 0.3 is 0 Å². The molecule has 2 N–H and O–H groups in total. The van der Waals surface area contributed by atoms with Gasteiger partial charge < -0.3 is 15.4 Å². The molecule has 2 amide bonds. The quantitative estimate of drug-likeness (QED) is 0.812. The predicted octanol–water partition coefficient (Wildman–Crippen LogP) is 0.327. The molecule has 22 heavy (non-hydrogen) atoms. The Kier molecular flexibility index (Phi) is 5.02. The highest BCUT2D eigenvalue weighted by atomic mass is 32.2. The molecule has 1 aromatic rings. The van der Waals surface area contributed by atoms with Crippen LogP contribution in [-0.4, -0.2) is 44.4 Å². The standard InChI is InChI=1S/C14H18N2O5S/c1-10(17)15-11-3-2-4-13(7-11)21-8-14(18)16-12-5-6-22(19,20)9-12/h2-4,7,12H,5-6,8-9H2,1H3,(H,15,17)(H,16,18). The Morgan fingerprint density at radius 2 is 2.14 bits per heavy atom. The van der Waals surface area contributed by atoms with E-state index in [0.29, 0.717) is 17.9 Å². The molecule has 1 fully saturated rings. The lowest BCUT2D eigenvalue weighted by atomic mass is 10.2. The zero-order valence-electron chi connectivity index (χ0n) is 12.2. The molecule has 2 rings (SSSR count). The summed E-state index contributed by atoms with van der Waals surface area (Å²) in [5, 5.41) is 5.25. The maximum atomic E-state index is 11.7. The fraction of sp³-hybridized carbons (Fsp3) is 0.429. The molecule has 0 saturated carbocycles. The van der Waals surface area contributed by atoms with Gasteiger partial charge in [0.05, 0.1) is 11.5 Å². The Bertz CT molecular complexity index is 672. The molecule has 0 bridgehead atoms. The van der Waals surface area contributed by atoms with Crippen molar-refractivity contribution in [3.8, 4) is 5.75 Å². The SMILES string of the molecule is CC(=O)Nc1cccc(OCC(=O)NC2CCS(=O)(=O)C2)c1. The zero-order valence-corrected chi connectivity index (χ0v) is 13.0. The van der Waals surface area contributed by atoms with Gasteiger partial charge in [-0.05, 0) is 18.6 Å². The maximum Gasteiger partial charge on any atom is 0.258 e. The van der Waals surface area contributed by atoms with Crippen LogP contribution in [0.25, 0.3) is 0 Å². The number of amides is 2. The Hall–Kier alpha value is -2.09. The average molecular weight is 326 g/mol. The molecule has 7 nitrogen and oxygen atoms in total. The number of nitrogens with one attached hydrogen (secondary N) is 2. The number of anilines is 1. The molecule has 1 aliphatic heterocycles. The Morgan fingerprint density at radius 1 is 1.36 bits per heavy atom. The summed E-state index contributed by atoms with van der Waals surface area (Å²) in [7, 11) is -3.02. The fourth-order valence-electron chi connectivity index (χ4n) is 2.19. The van der Waals surface area contributed by atoms with Gasteiger partial charge in [0.1, 0.15) is 5.75 Å². The summed E-state index contributed by atoms with van der Waals surface area (Å²) >= 11 is 0. The van der Waals surface area contributed by atoms with Crippen LogP contribution in [-0.2, 0) is 19.4 Å². The Morgan fingerprint density at radius 3 is 2.77 bits per heavy atom. The molecular weight excluding hydrogens is 308 g/mol. The van der Waals surface area contributed by atoms with E-state index in [2.05, 4.69) is 10.6 Å². The van der Waals surface area contributed by atoms with Crippen LogP contribution in [0.5, 0.6) is 5.75 Å². The van der Waals surface area contributed by atoms with Crippen LogP contribution in [0.1, 0.15) is 13.3 Å². The smallest absolute Gasteiger partial charge is 0.258 e. The second-order valence-corrected chi connectivity index (χ2v) is 7.39. The van der Waals surface area contributed by atoms with E-state index in [-0.39, 0.29) is 36.0 Å². The van der Waals surface area contributed by atoms with Gasteiger partial charge in [-0.2, -0.15) is 0 Å². The van der Waals surface area contributed by atoms with Crippen LogP contribution in [0.3, 0.4) is 0 Å². The number of carbonyl (C=O) groups is 2. The van der Waals surface area contributed by atoms with Crippen molar-refractivity contribution in [1.82, 2.24) is 5.32 Å². The number of ether oxygens (including phenoxy) is 1. The van der Waals surface area contributed by atoms with E-state index in [1.54, 1.807) is 24.3 Å². The fourth-order valence-corrected chi connectivity index (χ4v) is 3.87. The summed E-state index contributed by atoms with van der Waals surface area (Å²) < 4.78 is 28.0. The van der Waals surface area contributed by atoms with Crippen molar-refractivity contribution >= 4 is 27.3 Å². The van der Waals surface area contributed by atoms with E-state index < -0.39 is 9.84 Å². The van der Waals surface area contributed by atoms with Gasteiger partial charge in [0.15, 0.2) is 16.4 Å². The summed E-state index contributed by atoms with van der Waals surface area (Å²) in [6.07, 6.45) is 0.437. The largest absolute Gasteiger partial charge is 0.484 e. The minimum atomic E-state index is -3.02. The minimum absolute atomic E-state index is 0.0171. The average Bonchev–Trinajstić information content (AvgIpc) is 2.75. The first kappa shape index (κ1) is 16.3. The van der Waals surface area contributed by atoms with Gasteiger partial charge in [-0.15, -0.1) is 0 Å². The van der Waals surface area contributed by atoms with Crippen LogP contribution in [0.4, 0.5) is 5.69 Å². The molecule has 1 aromatic carbocycles. The monoisotopic (exact) mass is 326 g/mol. The molecule has 1 atom stereocenters. The highest BCUT2D eigenvalue weighted by molar-refractivity contribution is 7.91. The maximum absolute atomic E-state index is 11.7. The molecule has 0 radical (unpaired) electrons. The molecule has 120 valence electrons. The zero-order chi connectivity index (χ0) is 16.2. The third-order valence-electron chi connectivity index (χ3n) is 3.12. The summed E-state index contributed by atoms with van der Waals surface area (Å²) in [5.74, 6) is -0.0290. The minimum Gasteiger partial charge on any atom is -0.484 e. The van der Waals surface area contributed by atoms with Crippen LogP contribution in [0.15, 0.2) is 24.3 Å². The summed E-state index contributed by atoms with van der Waals surface area (Å²) in [6.45, 7) is 1.19. The molecule has 0 aromatic heterocycles. The van der Waals surface area contributed by atoms with Gasteiger partial charge in [-0.3, -0.25) is 9.59 Å². The lowest BCUT2D eigenvalue weighted by molar-refractivity contribution is -0.123. The number of benzene rings is 1. The van der Waals surface area contributed by atoms with Crippen molar-refractivity contribution in [3.63, 3.8) is 0 Å².